The summed E-state index contributed by atoms with van der Waals surface area (Å²) in [5, 5.41) is 8.51. The molecule has 5 nitrogen and oxygen atoms in total. The van der Waals surface area contributed by atoms with Crippen molar-refractivity contribution in [3.05, 3.63) is 59.7 Å². The van der Waals surface area contributed by atoms with E-state index in [0.29, 0.717) is 5.56 Å². The molecular weight excluding hydrogens is 277 g/mol. The van der Waals surface area contributed by atoms with Gasteiger partial charge in [-0.2, -0.15) is 0 Å². The van der Waals surface area contributed by atoms with Crippen molar-refractivity contribution in [1.29, 1.82) is 0 Å². The summed E-state index contributed by atoms with van der Waals surface area (Å²) in [6.45, 7) is 0.127. The number of aliphatic carboxylic acids is 1. The Morgan fingerprint density at radius 3 is 2.48 bits per heavy atom. The van der Waals surface area contributed by atoms with Gasteiger partial charge in [0.05, 0.1) is 18.7 Å². The first-order chi connectivity index (χ1) is 9.99. The highest BCUT2D eigenvalue weighted by atomic mass is 19.1. The molecule has 0 fully saturated rings. The average Bonchev–Trinajstić information content (AvgIpc) is 2.89. The molecule has 0 unspecified atom stereocenters. The van der Waals surface area contributed by atoms with Crippen LogP contribution < -0.4 is 0 Å². The SMILES string of the molecule is O=C(O)C(=O)CC(=O)c1cccn1Cc1ccccc1F. The van der Waals surface area contributed by atoms with Crippen LogP contribution in [0, 0.1) is 5.82 Å². The highest BCUT2D eigenvalue weighted by Gasteiger charge is 2.20. The summed E-state index contributed by atoms with van der Waals surface area (Å²) in [4.78, 5) is 33.5. The van der Waals surface area contributed by atoms with Crippen LogP contribution >= 0.6 is 0 Å². The first-order valence-corrected chi connectivity index (χ1v) is 6.17. The summed E-state index contributed by atoms with van der Waals surface area (Å²) in [6, 6.07) is 9.20. The third-order valence-corrected chi connectivity index (χ3v) is 2.97. The summed E-state index contributed by atoms with van der Waals surface area (Å²) < 4.78 is 15.1. The minimum atomic E-state index is -1.64. The number of carbonyl (C=O) groups is 3. The van der Waals surface area contributed by atoms with Gasteiger partial charge in [-0.1, -0.05) is 18.2 Å². The predicted octanol–water partition coefficient (Wildman–Crippen LogP) is 1.90. The van der Waals surface area contributed by atoms with Gasteiger partial charge < -0.3 is 9.67 Å². The smallest absolute Gasteiger partial charge is 0.372 e. The number of carboxylic acids is 1. The molecule has 1 N–H and O–H groups in total. The molecule has 6 heteroatoms. The fraction of sp³-hybridized carbons (Fsp3) is 0.133. The number of aromatic nitrogens is 1. The number of hydrogen-bond acceptors (Lipinski definition) is 3. The van der Waals surface area contributed by atoms with Crippen molar-refractivity contribution < 1.29 is 23.9 Å². The summed E-state index contributed by atoms with van der Waals surface area (Å²) >= 11 is 0. The van der Waals surface area contributed by atoms with Gasteiger partial charge in [0.25, 0.3) is 0 Å². The van der Waals surface area contributed by atoms with Crippen LogP contribution in [-0.2, 0) is 16.1 Å². The lowest BCUT2D eigenvalue weighted by Crippen LogP contribution is -2.19. The average molecular weight is 289 g/mol. The fourth-order valence-corrected chi connectivity index (χ4v) is 1.93. The number of halogens is 1. The van der Waals surface area contributed by atoms with E-state index < -0.39 is 29.8 Å². The standard InChI is InChI=1S/C15H12FNO4/c16-11-5-2-1-4-10(11)9-17-7-3-6-12(17)13(18)8-14(19)15(20)21/h1-7H,8-9H2,(H,20,21). The topological polar surface area (TPSA) is 76.4 Å². The monoisotopic (exact) mass is 289 g/mol. The third kappa shape index (κ3) is 3.42. The Bertz CT molecular complexity index is 705. The molecule has 0 aliphatic carbocycles. The summed E-state index contributed by atoms with van der Waals surface area (Å²) in [6.07, 6.45) is 0.863. The molecule has 0 amide bonds. The van der Waals surface area contributed by atoms with Gasteiger partial charge in [-0.15, -0.1) is 0 Å². The molecule has 1 heterocycles. The largest absolute Gasteiger partial charge is 0.475 e. The highest BCUT2D eigenvalue weighted by molar-refractivity contribution is 6.37. The maximum atomic E-state index is 13.6. The van der Waals surface area contributed by atoms with Crippen LogP contribution in [-0.4, -0.2) is 27.2 Å². The minimum Gasteiger partial charge on any atom is -0.475 e. The maximum Gasteiger partial charge on any atom is 0.372 e. The first kappa shape index (κ1) is 14.6. The number of carboxylic acid groups (broad SMARTS) is 1. The Morgan fingerprint density at radius 1 is 1.10 bits per heavy atom. The molecular formula is C15H12FNO4. The Labute approximate surface area is 119 Å². The van der Waals surface area contributed by atoms with Gasteiger partial charge in [-0.25, -0.2) is 9.18 Å². The third-order valence-electron chi connectivity index (χ3n) is 2.97. The van der Waals surface area contributed by atoms with E-state index in [1.54, 1.807) is 30.5 Å². The Hall–Kier alpha value is -2.76. The molecule has 2 aromatic rings. The molecule has 1 aromatic heterocycles. The second kappa shape index (κ2) is 6.13. The summed E-state index contributed by atoms with van der Waals surface area (Å²) in [5.74, 6) is -3.82. The van der Waals surface area contributed by atoms with E-state index in [0.717, 1.165) is 0 Å². The van der Waals surface area contributed by atoms with Crippen LogP contribution in [0.2, 0.25) is 0 Å². The Kier molecular flexibility index (Phi) is 4.27. The molecule has 0 aliphatic heterocycles. The molecule has 108 valence electrons. The van der Waals surface area contributed by atoms with Gasteiger partial charge in [-0.05, 0) is 18.2 Å². The molecule has 1 aromatic carbocycles. The Balaban J connectivity index is 2.19. The van der Waals surface area contributed by atoms with Crippen LogP contribution in [0.4, 0.5) is 4.39 Å². The van der Waals surface area contributed by atoms with Crippen molar-refractivity contribution in [3.8, 4) is 0 Å². The van der Waals surface area contributed by atoms with Gasteiger partial charge >= 0.3 is 5.97 Å². The molecule has 0 radical (unpaired) electrons. The van der Waals surface area contributed by atoms with Crippen molar-refractivity contribution in [2.24, 2.45) is 0 Å². The maximum absolute atomic E-state index is 13.6. The van der Waals surface area contributed by atoms with E-state index >= 15 is 0 Å². The van der Waals surface area contributed by atoms with Gasteiger partial charge in [0.1, 0.15) is 5.82 Å². The molecule has 0 atom stereocenters. The lowest BCUT2D eigenvalue weighted by molar-refractivity contribution is -0.148. The normalized spacial score (nSPS) is 10.3. The van der Waals surface area contributed by atoms with Gasteiger partial charge in [0, 0.05) is 11.8 Å². The number of rotatable bonds is 6. The zero-order chi connectivity index (χ0) is 15.4. The van der Waals surface area contributed by atoms with Gasteiger partial charge in [0.2, 0.25) is 5.78 Å². The van der Waals surface area contributed by atoms with Gasteiger partial charge in [0.15, 0.2) is 5.78 Å². The van der Waals surface area contributed by atoms with Crippen molar-refractivity contribution in [1.82, 2.24) is 4.57 Å². The van der Waals surface area contributed by atoms with Crippen molar-refractivity contribution in [2.45, 2.75) is 13.0 Å². The van der Waals surface area contributed by atoms with Crippen molar-refractivity contribution in [3.63, 3.8) is 0 Å². The zero-order valence-corrected chi connectivity index (χ0v) is 11.0. The van der Waals surface area contributed by atoms with Crippen LogP contribution in [0.3, 0.4) is 0 Å². The number of carbonyl (C=O) groups excluding carboxylic acids is 2. The number of ketones is 2. The lowest BCUT2D eigenvalue weighted by Gasteiger charge is -2.09. The number of Topliss-reactive ketones (excluding diaryl/α,β-unsaturated/α-hetero) is 2. The van der Waals surface area contributed by atoms with Crippen molar-refractivity contribution in [2.75, 3.05) is 0 Å². The van der Waals surface area contributed by atoms with E-state index in [-0.39, 0.29) is 12.2 Å². The van der Waals surface area contributed by atoms with E-state index in [1.165, 1.54) is 16.7 Å². The van der Waals surface area contributed by atoms with Crippen LogP contribution in [0.1, 0.15) is 22.5 Å². The highest BCUT2D eigenvalue weighted by Crippen LogP contribution is 2.13. The molecule has 0 aliphatic rings. The predicted molar refractivity (Wildman–Crippen MR) is 71.5 cm³/mol. The molecule has 0 saturated heterocycles. The van der Waals surface area contributed by atoms with E-state index in [9.17, 15) is 18.8 Å². The molecule has 0 spiro atoms. The van der Waals surface area contributed by atoms with Crippen LogP contribution in [0.15, 0.2) is 42.6 Å². The quantitative estimate of drug-likeness (QED) is 0.500. The number of nitrogens with zero attached hydrogens (tertiary/aromatic N) is 1. The van der Waals surface area contributed by atoms with Crippen LogP contribution in [0.25, 0.3) is 0 Å². The Morgan fingerprint density at radius 2 is 1.81 bits per heavy atom. The molecule has 21 heavy (non-hydrogen) atoms. The first-order valence-electron chi connectivity index (χ1n) is 6.17. The van der Waals surface area contributed by atoms with E-state index in [1.807, 2.05) is 0 Å². The molecule has 0 saturated carbocycles. The second-order valence-corrected chi connectivity index (χ2v) is 4.44. The molecule has 0 bridgehead atoms. The second-order valence-electron chi connectivity index (χ2n) is 4.44. The molecule has 2 rings (SSSR count). The summed E-state index contributed by atoms with van der Waals surface area (Å²) in [5.41, 5.74) is 0.570. The number of benzene rings is 1. The zero-order valence-electron chi connectivity index (χ0n) is 11.0. The van der Waals surface area contributed by atoms with Gasteiger partial charge in [-0.3, -0.25) is 9.59 Å². The van der Waals surface area contributed by atoms with Crippen LogP contribution in [0.5, 0.6) is 0 Å². The lowest BCUT2D eigenvalue weighted by atomic mass is 10.1. The fourth-order valence-electron chi connectivity index (χ4n) is 1.93. The minimum absolute atomic E-state index is 0.127. The van der Waals surface area contributed by atoms with E-state index in [4.69, 9.17) is 5.11 Å². The van der Waals surface area contributed by atoms with Crippen molar-refractivity contribution >= 4 is 17.5 Å². The number of hydrogen-bond donors (Lipinski definition) is 1. The van der Waals surface area contributed by atoms with E-state index in [2.05, 4.69) is 0 Å². The summed E-state index contributed by atoms with van der Waals surface area (Å²) in [7, 11) is 0.